The summed E-state index contributed by atoms with van der Waals surface area (Å²) < 4.78 is 5.79. The van der Waals surface area contributed by atoms with E-state index in [4.69, 9.17) is 4.74 Å². The molecule has 0 amide bonds. The Balaban J connectivity index is 1.70. The van der Waals surface area contributed by atoms with E-state index in [9.17, 15) is 5.11 Å². The van der Waals surface area contributed by atoms with Crippen LogP contribution in [0.15, 0.2) is 42.5 Å². The van der Waals surface area contributed by atoms with Crippen molar-refractivity contribution >= 4 is 10.8 Å². The van der Waals surface area contributed by atoms with E-state index in [1.165, 1.54) is 29.2 Å². The number of hydrogen-bond acceptors (Lipinski definition) is 2. The van der Waals surface area contributed by atoms with Crippen LogP contribution in [0, 0.1) is 17.3 Å². The lowest BCUT2D eigenvalue weighted by Gasteiger charge is -2.46. The van der Waals surface area contributed by atoms with Crippen molar-refractivity contribution in [3.8, 4) is 0 Å². The van der Waals surface area contributed by atoms with Crippen LogP contribution in [0.4, 0.5) is 0 Å². The molecular formula is C22H30O2. The predicted molar refractivity (Wildman–Crippen MR) is 100 cm³/mol. The molecule has 1 fully saturated rings. The first kappa shape index (κ1) is 17.4. The molecule has 0 spiro atoms. The molecule has 3 atom stereocenters. The summed E-state index contributed by atoms with van der Waals surface area (Å²) in [5.74, 6) is 0.790. The minimum atomic E-state index is 0.151. The maximum Gasteiger partial charge on any atom is 0.0674 e. The average Bonchev–Trinajstić information content (AvgIpc) is 2.59. The van der Waals surface area contributed by atoms with Gasteiger partial charge >= 0.3 is 0 Å². The van der Waals surface area contributed by atoms with E-state index in [-0.39, 0.29) is 24.0 Å². The molecule has 2 nitrogen and oxygen atoms in total. The lowest BCUT2D eigenvalue weighted by molar-refractivity contribution is -0.101. The second kappa shape index (κ2) is 7.25. The third-order valence-corrected chi connectivity index (χ3v) is 6.01. The van der Waals surface area contributed by atoms with E-state index in [0.29, 0.717) is 5.92 Å². The first-order valence-electron chi connectivity index (χ1n) is 9.16. The molecule has 1 N–H and O–H groups in total. The third kappa shape index (κ3) is 3.50. The number of hydrogen-bond donors (Lipinski definition) is 1. The van der Waals surface area contributed by atoms with E-state index in [2.05, 4.69) is 56.3 Å². The van der Waals surface area contributed by atoms with Crippen LogP contribution in [0.3, 0.4) is 0 Å². The zero-order valence-electron chi connectivity index (χ0n) is 15.2. The molecule has 1 aliphatic rings. The Morgan fingerprint density at radius 1 is 1.12 bits per heavy atom. The molecule has 3 rings (SSSR count). The molecule has 0 aliphatic heterocycles. The Bertz CT molecular complexity index is 676. The lowest BCUT2D eigenvalue weighted by atomic mass is 9.64. The summed E-state index contributed by atoms with van der Waals surface area (Å²) in [4.78, 5) is 0. The maximum absolute atomic E-state index is 9.95. The van der Waals surface area contributed by atoms with Crippen LogP contribution in [0.1, 0.15) is 38.7 Å². The molecule has 2 heteroatoms. The summed E-state index contributed by atoms with van der Waals surface area (Å²) in [6.45, 7) is 4.76. The van der Waals surface area contributed by atoms with Crippen LogP contribution in [0.25, 0.3) is 10.8 Å². The van der Waals surface area contributed by atoms with Crippen molar-refractivity contribution in [3.05, 3.63) is 48.0 Å². The number of methoxy groups -OCH3 is 1. The zero-order chi connectivity index (χ0) is 17.2. The van der Waals surface area contributed by atoms with E-state index in [1.807, 2.05) is 0 Å². The van der Waals surface area contributed by atoms with Crippen LogP contribution in [-0.2, 0) is 11.2 Å². The van der Waals surface area contributed by atoms with Crippen LogP contribution >= 0.6 is 0 Å². The second-order valence-corrected chi connectivity index (χ2v) is 8.01. The van der Waals surface area contributed by atoms with Crippen molar-refractivity contribution in [3.63, 3.8) is 0 Å². The van der Waals surface area contributed by atoms with E-state index < -0.39 is 0 Å². The maximum atomic E-state index is 9.95. The number of rotatable bonds is 5. The van der Waals surface area contributed by atoms with Crippen molar-refractivity contribution < 1.29 is 9.84 Å². The quantitative estimate of drug-likeness (QED) is 0.852. The molecule has 2 aromatic rings. The fourth-order valence-corrected chi connectivity index (χ4v) is 4.58. The summed E-state index contributed by atoms with van der Waals surface area (Å²) >= 11 is 0. The summed E-state index contributed by atoms with van der Waals surface area (Å²) in [5.41, 5.74) is 1.55. The van der Waals surface area contributed by atoms with Gasteiger partial charge < -0.3 is 9.84 Å². The topological polar surface area (TPSA) is 29.5 Å². The minimum Gasteiger partial charge on any atom is -0.396 e. The van der Waals surface area contributed by atoms with Gasteiger partial charge in [0.25, 0.3) is 0 Å². The van der Waals surface area contributed by atoms with Crippen LogP contribution in [0.2, 0.25) is 0 Å². The first-order chi connectivity index (χ1) is 11.5. The van der Waals surface area contributed by atoms with E-state index >= 15 is 0 Å². The predicted octanol–water partition coefficient (Wildman–Crippen LogP) is 4.83. The van der Waals surface area contributed by atoms with Crippen molar-refractivity contribution in [1.29, 1.82) is 0 Å². The van der Waals surface area contributed by atoms with Crippen molar-refractivity contribution in [2.24, 2.45) is 17.3 Å². The third-order valence-electron chi connectivity index (χ3n) is 6.01. The Morgan fingerprint density at radius 2 is 1.88 bits per heavy atom. The number of benzene rings is 2. The number of fused-ring (bicyclic) bond motifs is 1. The average molecular weight is 326 g/mol. The number of aliphatic hydroxyl groups excluding tert-OH is 1. The fraction of sp³-hybridized carbons (Fsp3) is 0.545. The molecule has 0 aromatic heterocycles. The molecule has 0 bridgehead atoms. The molecule has 24 heavy (non-hydrogen) atoms. The number of aryl methyl sites for hydroxylation is 1. The standard InChI is InChI=1S/C22H30O2/c1-22(2)13-12-18(20(15-23)21(22)24-3)11-9-16-8-10-17-6-4-5-7-19(17)14-16/h4-8,10,14,18,20-21,23H,9,11-13,15H2,1-3H3/t18-,20+,21-/m1/s1. The van der Waals surface area contributed by atoms with Gasteiger partial charge in [-0.25, -0.2) is 0 Å². The van der Waals surface area contributed by atoms with Gasteiger partial charge in [0.05, 0.1) is 6.10 Å². The van der Waals surface area contributed by atoms with Crippen LogP contribution in [-0.4, -0.2) is 24.9 Å². The minimum absolute atomic E-state index is 0.151. The highest BCUT2D eigenvalue weighted by molar-refractivity contribution is 5.82. The highest BCUT2D eigenvalue weighted by Crippen LogP contribution is 2.45. The number of ether oxygens (including phenoxy) is 1. The molecule has 130 valence electrons. The van der Waals surface area contributed by atoms with Gasteiger partial charge in [0, 0.05) is 19.6 Å². The first-order valence-corrected chi connectivity index (χ1v) is 9.16. The van der Waals surface area contributed by atoms with Gasteiger partial charge in [-0.05, 0) is 53.4 Å². The highest BCUT2D eigenvalue weighted by atomic mass is 16.5. The molecule has 0 heterocycles. The Labute approximate surface area is 145 Å². The number of aliphatic hydroxyl groups is 1. The normalized spacial score (nSPS) is 26.6. The van der Waals surface area contributed by atoms with Crippen LogP contribution in [0.5, 0.6) is 0 Å². The van der Waals surface area contributed by atoms with Gasteiger partial charge in [-0.2, -0.15) is 0 Å². The summed E-state index contributed by atoms with van der Waals surface area (Å²) in [6, 6.07) is 15.3. The Hall–Kier alpha value is -1.38. The van der Waals surface area contributed by atoms with Gasteiger partial charge in [0.15, 0.2) is 0 Å². The zero-order valence-corrected chi connectivity index (χ0v) is 15.2. The highest BCUT2D eigenvalue weighted by Gasteiger charge is 2.43. The summed E-state index contributed by atoms with van der Waals surface area (Å²) in [5, 5.41) is 12.6. The molecule has 2 aromatic carbocycles. The molecule has 1 saturated carbocycles. The van der Waals surface area contributed by atoms with Crippen LogP contribution < -0.4 is 0 Å². The molecular weight excluding hydrogens is 296 g/mol. The van der Waals surface area contributed by atoms with Gasteiger partial charge in [0.1, 0.15) is 0 Å². The van der Waals surface area contributed by atoms with E-state index in [1.54, 1.807) is 7.11 Å². The molecule has 0 saturated heterocycles. The molecule has 0 radical (unpaired) electrons. The van der Waals surface area contributed by atoms with Crippen molar-refractivity contribution in [2.45, 2.75) is 45.6 Å². The van der Waals surface area contributed by atoms with Crippen molar-refractivity contribution in [1.82, 2.24) is 0 Å². The van der Waals surface area contributed by atoms with Crippen molar-refractivity contribution in [2.75, 3.05) is 13.7 Å². The molecule has 1 aliphatic carbocycles. The monoisotopic (exact) mass is 326 g/mol. The SMILES string of the molecule is CO[C@@H]1[C@@H](CO)[C@H](CCc2ccc3ccccc3c2)CCC1(C)C. The summed E-state index contributed by atoms with van der Waals surface area (Å²) in [6.07, 6.45) is 4.70. The van der Waals surface area contributed by atoms with Gasteiger partial charge in [-0.3, -0.25) is 0 Å². The second-order valence-electron chi connectivity index (χ2n) is 8.01. The Kier molecular flexibility index (Phi) is 5.27. The van der Waals surface area contributed by atoms with Gasteiger partial charge in [-0.1, -0.05) is 56.3 Å². The van der Waals surface area contributed by atoms with Gasteiger partial charge in [-0.15, -0.1) is 0 Å². The fourth-order valence-electron chi connectivity index (χ4n) is 4.58. The van der Waals surface area contributed by atoms with E-state index in [0.717, 1.165) is 12.8 Å². The smallest absolute Gasteiger partial charge is 0.0674 e. The Morgan fingerprint density at radius 3 is 2.58 bits per heavy atom. The summed E-state index contributed by atoms with van der Waals surface area (Å²) in [7, 11) is 1.79. The molecule has 0 unspecified atom stereocenters. The van der Waals surface area contributed by atoms with Gasteiger partial charge in [0.2, 0.25) is 0 Å². The lowest BCUT2D eigenvalue weighted by Crippen LogP contribution is -2.47. The largest absolute Gasteiger partial charge is 0.396 e.